The first-order valence-corrected chi connectivity index (χ1v) is 24.5. The zero-order valence-electron chi connectivity index (χ0n) is 38.0. The maximum absolute atomic E-state index is 13.5. The van der Waals surface area contributed by atoms with Gasteiger partial charge in [-0.05, 0) is 80.6 Å². The van der Waals surface area contributed by atoms with Crippen molar-refractivity contribution in [2.75, 3.05) is 52.9 Å². The number of likely N-dealkylation sites (tertiary alicyclic amines) is 1. The minimum absolute atomic E-state index is 0.00286. The van der Waals surface area contributed by atoms with Crippen LogP contribution in [0.15, 0.2) is 48.5 Å². The molecule has 0 aromatic heterocycles. The van der Waals surface area contributed by atoms with Crippen LogP contribution < -0.4 is 5.32 Å². The van der Waals surface area contributed by atoms with E-state index in [-0.39, 0.29) is 36.4 Å². The second-order valence-corrected chi connectivity index (χ2v) is 18.5. The summed E-state index contributed by atoms with van der Waals surface area (Å²) in [7, 11) is 2.25. The summed E-state index contributed by atoms with van der Waals surface area (Å²) < 4.78 is 20.4. The van der Waals surface area contributed by atoms with Crippen LogP contribution in [0.4, 0.5) is 4.39 Å². The number of carbonyl (C=O) groups is 3. The predicted octanol–water partition coefficient (Wildman–Crippen LogP) is 12.8. The second-order valence-electron chi connectivity index (χ2n) is 18.0. The predicted molar refractivity (Wildman–Crippen MR) is 247 cm³/mol. The topological polar surface area (TPSA) is 75.7 Å². The van der Waals surface area contributed by atoms with Crippen molar-refractivity contribution in [2.45, 2.75) is 180 Å². The van der Waals surface area contributed by atoms with Gasteiger partial charge in [-0.2, -0.15) is 0 Å². The lowest BCUT2D eigenvalue weighted by Crippen LogP contribution is -2.52. The molecule has 0 aliphatic carbocycles. The largest absolute Gasteiger partial charge is 0.454 e. The van der Waals surface area contributed by atoms with E-state index < -0.39 is 5.60 Å². The molecule has 0 bridgehead atoms. The number of ether oxygens (including phenoxy) is 1. The number of hydrogen-bond donors (Lipinski definition) is 1. The summed E-state index contributed by atoms with van der Waals surface area (Å²) in [5.74, 6) is -0.661. The van der Waals surface area contributed by atoms with Gasteiger partial charge in [0.05, 0.1) is 26.6 Å². The minimum Gasteiger partial charge on any atom is -0.454 e. The van der Waals surface area contributed by atoms with E-state index in [9.17, 15) is 18.8 Å². The number of nitrogens with one attached hydrogen (secondary N) is 1. The van der Waals surface area contributed by atoms with Crippen LogP contribution in [0.3, 0.4) is 0 Å². The van der Waals surface area contributed by atoms with Gasteiger partial charge < -0.3 is 19.4 Å². The van der Waals surface area contributed by atoms with E-state index in [2.05, 4.69) is 31.1 Å². The fraction of sp³-hybridized carbons (Fsp3) is 0.706. The Hall–Kier alpha value is -2.81. The van der Waals surface area contributed by atoms with E-state index in [4.69, 9.17) is 16.3 Å². The van der Waals surface area contributed by atoms with Crippen molar-refractivity contribution in [3.05, 3.63) is 70.5 Å². The van der Waals surface area contributed by atoms with E-state index in [1.165, 1.54) is 140 Å². The average Bonchev–Trinajstić information content (AvgIpc) is 3.23. The van der Waals surface area contributed by atoms with Crippen molar-refractivity contribution in [3.8, 4) is 0 Å². The highest BCUT2D eigenvalue weighted by atomic mass is 35.5. The Balaban J connectivity index is 1.46. The Morgan fingerprint density at radius 2 is 1.17 bits per heavy atom. The van der Waals surface area contributed by atoms with Crippen LogP contribution in [-0.2, 0) is 19.9 Å². The summed E-state index contributed by atoms with van der Waals surface area (Å²) in [4.78, 5) is 41.8. The number of ketones is 1. The number of esters is 1. The molecule has 0 unspecified atom stereocenters. The van der Waals surface area contributed by atoms with E-state index in [0.29, 0.717) is 55.9 Å². The SMILES string of the molecule is CCCCCCCCCCCC[N+](C)(CCCCCCCCCCCC)CC(=O)NCCC(=O)OC1(c2ccc(Cl)cc2)CCN(CCCC(=O)c2ccc(F)cc2)CC1. The third-order valence-electron chi connectivity index (χ3n) is 12.7. The number of carbonyl (C=O) groups excluding carboxylic acids is 3. The molecule has 1 N–H and O–H groups in total. The fourth-order valence-corrected chi connectivity index (χ4v) is 8.92. The maximum Gasteiger partial charge on any atom is 0.308 e. The summed E-state index contributed by atoms with van der Waals surface area (Å²) in [6.07, 6.45) is 28.5. The molecule has 0 spiro atoms. The Morgan fingerprint density at radius 1 is 0.683 bits per heavy atom. The Morgan fingerprint density at radius 3 is 1.67 bits per heavy atom. The molecule has 1 amide bonds. The smallest absolute Gasteiger partial charge is 0.308 e. The monoisotopic (exact) mass is 855 g/mol. The molecule has 1 aliphatic rings. The highest BCUT2D eigenvalue weighted by molar-refractivity contribution is 6.30. The zero-order chi connectivity index (χ0) is 43.3. The number of likely N-dealkylation sites (N-methyl/N-ethyl adjacent to an activating group) is 1. The fourth-order valence-electron chi connectivity index (χ4n) is 8.79. The third-order valence-corrected chi connectivity index (χ3v) is 12.9. The number of unbranched alkanes of at least 4 members (excludes halogenated alkanes) is 18. The molecule has 1 fully saturated rings. The quantitative estimate of drug-likeness (QED) is 0.0328. The Kier molecular flexibility index (Phi) is 26.0. The molecule has 0 radical (unpaired) electrons. The van der Waals surface area contributed by atoms with Crippen LogP contribution in [0, 0.1) is 5.82 Å². The van der Waals surface area contributed by atoms with Crippen LogP contribution in [0.1, 0.15) is 190 Å². The standard InChI is InChI=1S/C51H81ClFN3O4/c1-4-6-8-10-12-14-16-18-20-22-41-56(3,42-23-21-19-17-15-13-11-9-7-5-2)43-49(58)54-37-34-50(59)60-51(45-28-30-46(52)31-29-45)35-39-55(40-36-51)38-24-25-48(57)44-26-32-47(53)33-27-44/h26-33H,4-25,34-43H2,1-3H3/p+1. The van der Waals surface area contributed by atoms with Gasteiger partial charge in [0.25, 0.3) is 5.91 Å². The average molecular weight is 856 g/mol. The second kappa shape index (κ2) is 30.3. The summed E-state index contributed by atoms with van der Waals surface area (Å²) in [5, 5.41) is 3.69. The summed E-state index contributed by atoms with van der Waals surface area (Å²) in [6.45, 7) is 9.42. The first-order chi connectivity index (χ1) is 29.1. The van der Waals surface area contributed by atoms with Crippen LogP contribution >= 0.6 is 11.6 Å². The van der Waals surface area contributed by atoms with Gasteiger partial charge in [0.15, 0.2) is 12.3 Å². The number of benzene rings is 2. The number of quaternary nitrogens is 1. The van der Waals surface area contributed by atoms with Crippen molar-refractivity contribution in [3.63, 3.8) is 0 Å². The molecule has 338 valence electrons. The highest BCUT2D eigenvalue weighted by Gasteiger charge is 2.40. The molecule has 3 rings (SSSR count). The van der Waals surface area contributed by atoms with E-state index in [1.807, 2.05) is 24.3 Å². The van der Waals surface area contributed by atoms with E-state index >= 15 is 0 Å². The number of amides is 1. The summed E-state index contributed by atoms with van der Waals surface area (Å²) in [5.41, 5.74) is 0.662. The normalized spacial score (nSPS) is 14.3. The zero-order valence-corrected chi connectivity index (χ0v) is 38.8. The number of nitrogens with zero attached hydrogens (tertiary/aromatic N) is 2. The maximum atomic E-state index is 13.5. The minimum atomic E-state index is -0.786. The highest BCUT2D eigenvalue weighted by Crippen LogP contribution is 2.38. The van der Waals surface area contributed by atoms with Crippen molar-refractivity contribution < 1.29 is 28.0 Å². The Bertz CT molecular complexity index is 1440. The number of halogens is 2. The van der Waals surface area contributed by atoms with Gasteiger partial charge in [-0.3, -0.25) is 14.4 Å². The molecular formula is C51H82ClFN3O4+. The van der Waals surface area contributed by atoms with Gasteiger partial charge >= 0.3 is 5.97 Å². The molecule has 60 heavy (non-hydrogen) atoms. The molecule has 2 aromatic carbocycles. The lowest BCUT2D eigenvalue weighted by Gasteiger charge is -2.41. The van der Waals surface area contributed by atoms with Crippen molar-refractivity contribution >= 4 is 29.3 Å². The van der Waals surface area contributed by atoms with Gasteiger partial charge in [-0.1, -0.05) is 140 Å². The third kappa shape index (κ3) is 21.3. The molecular weight excluding hydrogens is 773 g/mol. The number of rotatable bonds is 34. The number of hydrogen-bond acceptors (Lipinski definition) is 5. The lowest BCUT2D eigenvalue weighted by atomic mass is 9.84. The summed E-state index contributed by atoms with van der Waals surface area (Å²) >= 11 is 6.24. The van der Waals surface area contributed by atoms with Gasteiger partial charge in [-0.25, -0.2) is 4.39 Å². The molecule has 9 heteroatoms. The first-order valence-electron chi connectivity index (χ1n) is 24.2. The number of piperidine rings is 1. The Labute approximate surface area is 369 Å². The van der Waals surface area contributed by atoms with E-state index in [0.717, 1.165) is 42.5 Å². The van der Waals surface area contributed by atoms with Crippen molar-refractivity contribution in [2.24, 2.45) is 0 Å². The molecule has 2 aromatic rings. The molecule has 1 aliphatic heterocycles. The van der Waals surface area contributed by atoms with Gasteiger partial charge in [0, 0.05) is 49.5 Å². The molecule has 0 atom stereocenters. The van der Waals surface area contributed by atoms with Gasteiger partial charge in [0.2, 0.25) is 0 Å². The first kappa shape index (κ1) is 51.5. The molecule has 7 nitrogen and oxygen atoms in total. The molecule has 1 heterocycles. The number of Topliss-reactive ketones (excluding diaryl/α,β-unsaturated/α-hetero) is 1. The molecule has 0 saturated carbocycles. The van der Waals surface area contributed by atoms with Crippen LogP contribution in [-0.4, -0.2) is 79.9 Å². The summed E-state index contributed by atoms with van der Waals surface area (Å²) in [6, 6.07) is 13.3. The van der Waals surface area contributed by atoms with Crippen LogP contribution in [0.2, 0.25) is 5.02 Å². The van der Waals surface area contributed by atoms with Gasteiger partial charge in [-0.15, -0.1) is 0 Å². The van der Waals surface area contributed by atoms with Crippen LogP contribution in [0.5, 0.6) is 0 Å². The van der Waals surface area contributed by atoms with Gasteiger partial charge in [0.1, 0.15) is 11.4 Å². The van der Waals surface area contributed by atoms with E-state index in [1.54, 1.807) is 0 Å². The lowest BCUT2D eigenvalue weighted by molar-refractivity contribution is -0.902. The van der Waals surface area contributed by atoms with Crippen molar-refractivity contribution in [1.29, 1.82) is 0 Å². The molecule has 1 saturated heterocycles. The van der Waals surface area contributed by atoms with Crippen molar-refractivity contribution in [1.82, 2.24) is 10.2 Å². The van der Waals surface area contributed by atoms with Crippen LogP contribution in [0.25, 0.3) is 0 Å².